The molecule has 6 nitrogen and oxygen atoms in total. The molecule has 1 atom stereocenters. The monoisotopic (exact) mass is 295 g/mol. The molecule has 0 unspecified atom stereocenters. The van der Waals surface area contributed by atoms with E-state index in [0.717, 1.165) is 0 Å². The molecule has 0 fully saturated rings. The number of para-hydroxylation sites is 2. The number of methoxy groups -OCH3 is 1. The normalized spacial score (nSPS) is 11.4. The van der Waals surface area contributed by atoms with E-state index in [1.807, 2.05) is 12.1 Å². The van der Waals surface area contributed by atoms with Gasteiger partial charge >= 0.3 is 5.97 Å². The van der Waals surface area contributed by atoms with Crippen LogP contribution in [0.3, 0.4) is 0 Å². The fourth-order valence-electron chi connectivity index (χ4n) is 1.63. The summed E-state index contributed by atoms with van der Waals surface area (Å²) in [5, 5.41) is 2.55. The van der Waals surface area contributed by atoms with E-state index < -0.39 is 12.0 Å². The van der Waals surface area contributed by atoms with Crippen LogP contribution < -0.4 is 14.8 Å². The van der Waals surface area contributed by atoms with Crippen LogP contribution in [-0.2, 0) is 14.3 Å². The van der Waals surface area contributed by atoms with Crippen LogP contribution in [0.5, 0.6) is 11.5 Å². The summed E-state index contributed by atoms with van der Waals surface area (Å²) in [7, 11) is 1.55. The number of carbonyl (C=O) groups is 2. The highest BCUT2D eigenvalue weighted by atomic mass is 16.5. The number of hydrogen-bond donors (Lipinski definition) is 1. The first-order valence-electron chi connectivity index (χ1n) is 6.80. The number of carbonyl (C=O) groups excluding carboxylic acids is 2. The fraction of sp³-hybridized carbons (Fsp3) is 0.467. The van der Waals surface area contributed by atoms with Crippen molar-refractivity contribution in [2.24, 2.45) is 0 Å². The summed E-state index contributed by atoms with van der Waals surface area (Å²) in [6.45, 7) is 3.78. The van der Waals surface area contributed by atoms with Gasteiger partial charge in [-0.3, -0.25) is 4.79 Å². The quantitative estimate of drug-likeness (QED) is 0.736. The van der Waals surface area contributed by atoms with Crippen LogP contribution in [0.25, 0.3) is 0 Å². The standard InChI is InChI=1S/C15H21NO5/c1-4-20-15(18)11(2)16-14(17)9-10-21-13-8-6-5-7-12(13)19-3/h5-8,11H,4,9-10H2,1-3H3,(H,16,17)/t11-/m0/s1. The summed E-state index contributed by atoms with van der Waals surface area (Å²) < 4.78 is 15.4. The summed E-state index contributed by atoms with van der Waals surface area (Å²) >= 11 is 0. The minimum atomic E-state index is -0.663. The smallest absolute Gasteiger partial charge is 0.328 e. The molecule has 0 saturated heterocycles. The van der Waals surface area contributed by atoms with Gasteiger partial charge < -0.3 is 19.5 Å². The molecule has 1 amide bonds. The minimum absolute atomic E-state index is 0.141. The number of ether oxygens (including phenoxy) is 3. The van der Waals surface area contributed by atoms with Crippen molar-refractivity contribution in [2.75, 3.05) is 20.3 Å². The summed E-state index contributed by atoms with van der Waals surface area (Å²) in [4.78, 5) is 23.0. The van der Waals surface area contributed by atoms with Crippen LogP contribution in [0.2, 0.25) is 0 Å². The third kappa shape index (κ3) is 5.72. The van der Waals surface area contributed by atoms with Crippen molar-refractivity contribution in [3.63, 3.8) is 0 Å². The first kappa shape index (κ1) is 16.8. The lowest BCUT2D eigenvalue weighted by molar-refractivity contribution is -0.146. The van der Waals surface area contributed by atoms with E-state index in [2.05, 4.69) is 5.32 Å². The summed E-state index contributed by atoms with van der Waals surface area (Å²) in [5.41, 5.74) is 0. The van der Waals surface area contributed by atoms with Gasteiger partial charge in [0.1, 0.15) is 6.04 Å². The molecule has 0 aliphatic carbocycles. The lowest BCUT2D eigenvalue weighted by Crippen LogP contribution is -2.40. The third-order valence-electron chi connectivity index (χ3n) is 2.67. The van der Waals surface area contributed by atoms with Crippen LogP contribution in [0.15, 0.2) is 24.3 Å². The second-order valence-electron chi connectivity index (χ2n) is 4.29. The zero-order valence-electron chi connectivity index (χ0n) is 12.5. The predicted octanol–water partition coefficient (Wildman–Crippen LogP) is 1.53. The highest BCUT2D eigenvalue weighted by molar-refractivity contribution is 5.84. The fourth-order valence-corrected chi connectivity index (χ4v) is 1.63. The Balaban J connectivity index is 2.35. The molecule has 1 aromatic rings. The van der Waals surface area contributed by atoms with E-state index in [9.17, 15) is 9.59 Å². The van der Waals surface area contributed by atoms with Crippen LogP contribution >= 0.6 is 0 Å². The first-order chi connectivity index (χ1) is 10.1. The Morgan fingerprint density at radius 1 is 1.24 bits per heavy atom. The Hall–Kier alpha value is -2.24. The van der Waals surface area contributed by atoms with Crippen molar-refractivity contribution in [3.8, 4) is 11.5 Å². The van der Waals surface area contributed by atoms with Crippen molar-refractivity contribution >= 4 is 11.9 Å². The van der Waals surface area contributed by atoms with Gasteiger partial charge in [0.05, 0.1) is 26.7 Å². The molecular weight excluding hydrogens is 274 g/mol. The topological polar surface area (TPSA) is 73.9 Å². The Morgan fingerprint density at radius 2 is 1.90 bits per heavy atom. The van der Waals surface area contributed by atoms with Gasteiger partial charge in [0.25, 0.3) is 0 Å². The highest BCUT2D eigenvalue weighted by Crippen LogP contribution is 2.25. The Morgan fingerprint density at radius 3 is 2.52 bits per heavy atom. The number of esters is 1. The van der Waals surface area contributed by atoms with Crippen LogP contribution in [0.1, 0.15) is 20.3 Å². The summed E-state index contributed by atoms with van der Waals surface area (Å²) in [5.74, 6) is 0.464. The molecule has 0 spiro atoms. The number of benzene rings is 1. The van der Waals surface area contributed by atoms with Crippen molar-refractivity contribution in [2.45, 2.75) is 26.3 Å². The maximum Gasteiger partial charge on any atom is 0.328 e. The molecule has 0 aromatic heterocycles. The Bertz CT molecular complexity index is 475. The third-order valence-corrected chi connectivity index (χ3v) is 2.67. The molecule has 0 bridgehead atoms. The van der Waals surface area contributed by atoms with Crippen molar-refractivity contribution in [1.29, 1.82) is 0 Å². The molecule has 1 N–H and O–H groups in total. The van der Waals surface area contributed by atoms with Crippen molar-refractivity contribution in [3.05, 3.63) is 24.3 Å². The molecule has 116 valence electrons. The largest absolute Gasteiger partial charge is 0.493 e. The van der Waals surface area contributed by atoms with E-state index >= 15 is 0 Å². The summed E-state index contributed by atoms with van der Waals surface area (Å²) in [6, 6.07) is 6.53. The molecule has 0 saturated carbocycles. The maximum atomic E-state index is 11.7. The van der Waals surface area contributed by atoms with Gasteiger partial charge in [0.2, 0.25) is 5.91 Å². The average Bonchev–Trinajstić information content (AvgIpc) is 2.47. The average molecular weight is 295 g/mol. The highest BCUT2D eigenvalue weighted by Gasteiger charge is 2.16. The van der Waals surface area contributed by atoms with Gasteiger partial charge in [-0.05, 0) is 26.0 Å². The van der Waals surface area contributed by atoms with Gasteiger partial charge in [-0.15, -0.1) is 0 Å². The Kier molecular flexibility index (Phi) is 7.08. The zero-order valence-corrected chi connectivity index (χ0v) is 12.5. The van der Waals surface area contributed by atoms with E-state index in [1.54, 1.807) is 33.1 Å². The second-order valence-corrected chi connectivity index (χ2v) is 4.29. The molecule has 21 heavy (non-hydrogen) atoms. The predicted molar refractivity (Wildman–Crippen MR) is 77.3 cm³/mol. The van der Waals surface area contributed by atoms with Crippen LogP contribution in [0, 0.1) is 0 Å². The second kappa shape index (κ2) is 8.84. The van der Waals surface area contributed by atoms with Crippen LogP contribution in [-0.4, -0.2) is 38.2 Å². The minimum Gasteiger partial charge on any atom is -0.493 e. The number of nitrogens with one attached hydrogen (secondary N) is 1. The first-order valence-corrected chi connectivity index (χ1v) is 6.80. The zero-order chi connectivity index (χ0) is 15.7. The van der Waals surface area contributed by atoms with Gasteiger partial charge in [-0.1, -0.05) is 12.1 Å². The maximum absolute atomic E-state index is 11.7. The Labute approximate surface area is 124 Å². The lowest BCUT2D eigenvalue weighted by atomic mass is 10.3. The molecule has 0 heterocycles. The van der Waals surface area contributed by atoms with Crippen molar-refractivity contribution < 1.29 is 23.8 Å². The van der Waals surface area contributed by atoms with E-state index in [1.165, 1.54) is 0 Å². The van der Waals surface area contributed by atoms with Gasteiger partial charge in [0.15, 0.2) is 11.5 Å². The van der Waals surface area contributed by atoms with E-state index in [0.29, 0.717) is 11.5 Å². The molecule has 6 heteroatoms. The van der Waals surface area contributed by atoms with Crippen LogP contribution in [0.4, 0.5) is 0 Å². The number of hydrogen-bond acceptors (Lipinski definition) is 5. The molecule has 0 aliphatic rings. The van der Waals surface area contributed by atoms with Crippen molar-refractivity contribution in [1.82, 2.24) is 5.32 Å². The number of amides is 1. The molecule has 1 rings (SSSR count). The van der Waals surface area contributed by atoms with E-state index in [4.69, 9.17) is 14.2 Å². The summed E-state index contributed by atoms with van der Waals surface area (Å²) in [6.07, 6.45) is 0.141. The van der Waals surface area contributed by atoms with Gasteiger partial charge in [-0.25, -0.2) is 4.79 Å². The molecule has 0 aliphatic heterocycles. The SMILES string of the molecule is CCOC(=O)[C@H](C)NC(=O)CCOc1ccccc1OC. The van der Waals surface area contributed by atoms with Gasteiger partial charge in [0, 0.05) is 0 Å². The molecule has 0 radical (unpaired) electrons. The molecule has 1 aromatic carbocycles. The lowest BCUT2D eigenvalue weighted by Gasteiger charge is -2.13. The van der Waals surface area contributed by atoms with Gasteiger partial charge in [-0.2, -0.15) is 0 Å². The molecular formula is C15H21NO5. The van der Waals surface area contributed by atoms with E-state index in [-0.39, 0.29) is 25.5 Å². The number of rotatable bonds is 8.